The van der Waals surface area contributed by atoms with Gasteiger partial charge in [0.15, 0.2) is 0 Å². The van der Waals surface area contributed by atoms with Gasteiger partial charge in [0, 0.05) is 4.47 Å². The molecule has 0 aliphatic rings. The first-order chi connectivity index (χ1) is 8.69. The van der Waals surface area contributed by atoms with E-state index in [4.69, 9.17) is 10.00 Å². The molecule has 2 nitrogen and oxygen atoms in total. The lowest BCUT2D eigenvalue weighted by Crippen LogP contribution is -1.96. The summed E-state index contributed by atoms with van der Waals surface area (Å²) in [4.78, 5) is 0. The number of rotatable bonds is 3. The van der Waals surface area contributed by atoms with E-state index in [9.17, 15) is 0 Å². The summed E-state index contributed by atoms with van der Waals surface area (Å²) in [6.07, 6.45) is 0. The number of hydrogen-bond acceptors (Lipinski definition) is 2. The maximum absolute atomic E-state index is 8.85. The van der Waals surface area contributed by atoms with E-state index in [2.05, 4.69) is 22.0 Å². The third-order valence-electron chi connectivity index (χ3n) is 2.64. The van der Waals surface area contributed by atoms with Crippen molar-refractivity contribution in [3.63, 3.8) is 0 Å². The zero-order valence-corrected chi connectivity index (χ0v) is 11.6. The summed E-state index contributed by atoms with van der Waals surface area (Å²) < 4.78 is 6.74. The van der Waals surface area contributed by atoms with Gasteiger partial charge >= 0.3 is 0 Å². The highest BCUT2D eigenvalue weighted by atomic mass is 79.9. The van der Waals surface area contributed by atoms with E-state index < -0.39 is 0 Å². The molecule has 0 aromatic heterocycles. The molecule has 0 amide bonds. The first kappa shape index (κ1) is 12.7. The zero-order chi connectivity index (χ0) is 13.0. The smallest absolute Gasteiger partial charge is 0.120 e. The molecule has 18 heavy (non-hydrogen) atoms. The van der Waals surface area contributed by atoms with Crippen LogP contribution in [-0.2, 0) is 6.61 Å². The first-order valence-corrected chi connectivity index (χ1v) is 6.36. The van der Waals surface area contributed by atoms with E-state index in [1.165, 1.54) is 0 Å². The number of benzene rings is 2. The van der Waals surface area contributed by atoms with Gasteiger partial charge in [0.1, 0.15) is 12.4 Å². The quantitative estimate of drug-likeness (QED) is 0.851. The first-order valence-electron chi connectivity index (χ1n) is 5.57. The van der Waals surface area contributed by atoms with Crippen LogP contribution in [0, 0.1) is 18.3 Å². The highest BCUT2D eigenvalue weighted by molar-refractivity contribution is 9.10. The van der Waals surface area contributed by atoms with Crippen molar-refractivity contribution in [2.24, 2.45) is 0 Å². The fourth-order valence-corrected chi connectivity index (χ4v) is 1.86. The third-order valence-corrected chi connectivity index (χ3v) is 3.17. The normalized spacial score (nSPS) is 9.83. The predicted molar refractivity (Wildman–Crippen MR) is 74.4 cm³/mol. The minimum atomic E-state index is 0.526. The SMILES string of the molecule is Cc1cc(OCc2ccc(Br)cc2)ccc1C#N. The Morgan fingerprint density at radius 2 is 1.89 bits per heavy atom. The number of halogens is 1. The number of nitriles is 1. The maximum Gasteiger partial charge on any atom is 0.120 e. The standard InChI is InChI=1S/C15H12BrNO/c1-11-8-15(7-4-13(11)9-17)18-10-12-2-5-14(16)6-3-12/h2-8H,10H2,1H3. The molecular weight excluding hydrogens is 290 g/mol. The van der Waals surface area contributed by atoms with Gasteiger partial charge in [-0.25, -0.2) is 0 Å². The second kappa shape index (κ2) is 5.70. The van der Waals surface area contributed by atoms with Crippen molar-refractivity contribution in [3.05, 3.63) is 63.6 Å². The fraction of sp³-hybridized carbons (Fsp3) is 0.133. The Bertz CT molecular complexity index is 584. The molecule has 0 saturated heterocycles. The van der Waals surface area contributed by atoms with Crippen molar-refractivity contribution >= 4 is 15.9 Å². The van der Waals surface area contributed by atoms with Crippen LogP contribution in [0.15, 0.2) is 46.9 Å². The molecule has 0 radical (unpaired) electrons. The highest BCUT2D eigenvalue weighted by Gasteiger charge is 2.00. The highest BCUT2D eigenvalue weighted by Crippen LogP contribution is 2.18. The van der Waals surface area contributed by atoms with Gasteiger partial charge in [-0.05, 0) is 48.4 Å². The lowest BCUT2D eigenvalue weighted by Gasteiger charge is -2.07. The van der Waals surface area contributed by atoms with Gasteiger partial charge in [-0.3, -0.25) is 0 Å². The van der Waals surface area contributed by atoms with Gasteiger partial charge in [-0.2, -0.15) is 5.26 Å². The summed E-state index contributed by atoms with van der Waals surface area (Å²) in [5, 5.41) is 8.85. The van der Waals surface area contributed by atoms with E-state index in [1.54, 1.807) is 6.07 Å². The molecule has 2 aromatic carbocycles. The molecule has 0 aliphatic heterocycles. The summed E-state index contributed by atoms with van der Waals surface area (Å²) in [7, 11) is 0. The van der Waals surface area contributed by atoms with Crippen LogP contribution in [0.1, 0.15) is 16.7 Å². The van der Waals surface area contributed by atoms with Crippen molar-refractivity contribution in [2.45, 2.75) is 13.5 Å². The van der Waals surface area contributed by atoms with Crippen LogP contribution in [0.25, 0.3) is 0 Å². The monoisotopic (exact) mass is 301 g/mol. The molecule has 2 rings (SSSR count). The Balaban J connectivity index is 2.04. The van der Waals surface area contributed by atoms with Gasteiger partial charge < -0.3 is 4.74 Å². The number of aryl methyl sites for hydroxylation is 1. The van der Waals surface area contributed by atoms with E-state index in [1.807, 2.05) is 43.3 Å². The van der Waals surface area contributed by atoms with Gasteiger partial charge in [0.2, 0.25) is 0 Å². The molecular formula is C15H12BrNO. The fourth-order valence-electron chi connectivity index (χ4n) is 1.60. The molecule has 0 N–H and O–H groups in total. The van der Waals surface area contributed by atoms with Crippen LogP contribution in [0.2, 0.25) is 0 Å². The number of ether oxygens (including phenoxy) is 1. The summed E-state index contributed by atoms with van der Waals surface area (Å²) in [6, 6.07) is 15.6. The van der Waals surface area contributed by atoms with Crippen LogP contribution >= 0.6 is 15.9 Å². The van der Waals surface area contributed by atoms with Crippen LogP contribution in [-0.4, -0.2) is 0 Å². The lowest BCUT2D eigenvalue weighted by atomic mass is 10.1. The lowest BCUT2D eigenvalue weighted by molar-refractivity contribution is 0.306. The molecule has 0 bridgehead atoms. The third kappa shape index (κ3) is 3.12. The minimum absolute atomic E-state index is 0.526. The average Bonchev–Trinajstić information content (AvgIpc) is 2.38. The molecule has 2 aromatic rings. The van der Waals surface area contributed by atoms with Crippen molar-refractivity contribution in [3.8, 4) is 11.8 Å². The van der Waals surface area contributed by atoms with Gasteiger partial charge in [0.25, 0.3) is 0 Å². The molecule has 0 saturated carbocycles. The van der Waals surface area contributed by atoms with Gasteiger partial charge in [-0.1, -0.05) is 28.1 Å². The van der Waals surface area contributed by atoms with E-state index in [0.29, 0.717) is 12.2 Å². The van der Waals surface area contributed by atoms with Gasteiger partial charge in [0.05, 0.1) is 11.6 Å². The van der Waals surface area contributed by atoms with Crippen LogP contribution in [0.5, 0.6) is 5.75 Å². The summed E-state index contributed by atoms with van der Waals surface area (Å²) in [5.41, 5.74) is 2.73. The molecule has 0 aliphatic carbocycles. The molecule has 0 unspecified atom stereocenters. The number of nitrogens with zero attached hydrogens (tertiary/aromatic N) is 1. The molecule has 0 fully saturated rings. The minimum Gasteiger partial charge on any atom is -0.489 e. The molecule has 3 heteroatoms. The van der Waals surface area contributed by atoms with E-state index >= 15 is 0 Å². The topological polar surface area (TPSA) is 33.0 Å². The van der Waals surface area contributed by atoms with Crippen LogP contribution < -0.4 is 4.74 Å². The summed E-state index contributed by atoms with van der Waals surface area (Å²) in [5.74, 6) is 0.786. The Morgan fingerprint density at radius 3 is 2.50 bits per heavy atom. The second-order valence-corrected chi connectivity index (χ2v) is 4.92. The van der Waals surface area contributed by atoms with Crippen LogP contribution in [0.3, 0.4) is 0 Å². The average molecular weight is 302 g/mol. The molecule has 0 heterocycles. The van der Waals surface area contributed by atoms with Crippen LogP contribution in [0.4, 0.5) is 0 Å². The Kier molecular flexibility index (Phi) is 4.01. The predicted octanol–water partition coefficient (Wildman–Crippen LogP) is 4.21. The maximum atomic E-state index is 8.85. The largest absolute Gasteiger partial charge is 0.489 e. The molecule has 0 atom stereocenters. The van der Waals surface area contributed by atoms with Gasteiger partial charge in [-0.15, -0.1) is 0 Å². The van der Waals surface area contributed by atoms with Crippen molar-refractivity contribution < 1.29 is 4.74 Å². The number of hydrogen-bond donors (Lipinski definition) is 0. The van der Waals surface area contributed by atoms with Crippen molar-refractivity contribution in [2.75, 3.05) is 0 Å². The summed E-state index contributed by atoms with van der Waals surface area (Å²) >= 11 is 3.40. The second-order valence-electron chi connectivity index (χ2n) is 4.00. The Hall–Kier alpha value is -1.79. The Morgan fingerprint density at radius 1 is 1.17 bits per heavy atom. The van der Waals surface area contributed by atoms with Crippen molar-refractivity contribution in [1.29, 1.82) is 5.26 Å². The van der Waals surface area contributed by atoms with Crippen molar-refractivity contribution in [1.82, 2.24) is 0 Å². The molecule has 0 spiro atoms. The van der Waals surface area contributed by atoms with E-state index in [0.717, 1.165) is 21.3 Å². The van der Waals surface area contributed by atoms with E-state index in [-0.39, 0.29) is 0 Å². The molecule has 90 valence electrons. The zero-order valence-electron chi connectivity index (χ0n) is 9.98. The summed E-state index contributed by atoms with van der Waals surface area (Å²) in [6.45, 7) is 2.43. The Labute approximate surface area is 115 Å².